The third-order valence-electron chi connectivity index (χ3n) is 4.95. The van der Waals surface area contributed by atoms with Gasteiger partial charge in [-0.15, -0.1) is 0 Å². The van der Waals surface area contributed by atoms with Crippen molar-refractivity contribution in [2.75, 3.05) is 4.90 Å². The van der Waals surface area contributed by atoms with Crippen molar-refractivity contribution >= 4 is 46.9 Å². The first-order chi connectivity index (χ1) is 15.4. The lowest BCUT2D eigenvalue weighted by Gasteiger charge is -2.30. The molecule has 0 radical (unpaired) electrons. The van der Waals surface area contributed by atoms with E-state index in [2.05, 4.69) is 5.32 Å². The molecule has 162 valence electrons. The molecular weight excluding hydrogens is 440 g/mol. The van der Waals surface area contributed by atoms with Gasteiger partial charge in [-0.2, -0.15) is 0 Å². The highest BCUT2D eigenvalue weighted by Crippen LogP contribution is 2.42. The van der Waals surface area contributed by atoms with E-state index in [0.29, 0.717) is 22.0 Å². The maximum Gasteiger partial charge on any atom is 0.265 e. The third kappa shape index (κ3) is 5.06. The van der Waals surface area contributed by atoms with Crippen LogP contribution < -0.4 is 10.2 Å². The Balaban J connectivity index is 1.63. The fourth-order valence-corrected chi connectivity index (χ4v) is 4.74. The second-order valence-electron chi connectivity index (χ2n) is 7.85. The molecule has 0 unspecified atom stereocenters. The Bertz CT molecular complexity index is 1190. The number of amides is 2. The SMILES string of the molecule is CC(C)NC(=O)c1ccc(C=C2Sc3ccccc3N(Cc3cccc(Cl)c3)C2=O)cc1. The quantitative estimate of drug-likeness (QED) is 0.462. The number of fused-ring (bicyclic) bond motifs is 1. The predicted molar refractivity (Wildman–Crippen MR) is 132 cm³/mol. The summed E-state index contributed by atoms with van der Waals surface area (Å²) in [6.45, 7) is 4.29. The zero-order valence-corrected chi connectivity index (χ0v) is 19.4. The molecule has 0 spiro atoms. The highest BCUT2D eigenvalue weighted by molar-refractivity contribution is 8.04. The number of rotatable bonds is 5. The zero-order chi connectivity index (χ0) is 22.7. The second-order valence-corrected chi connectivity index (χ2v) is 9.37. The lowest BCUT2D eigenvalue weighted by atomic mass is 10.1. The van der Waals surface area contributed by atoms with Gasteiger partial charge in [-0.25, -0.2) is 0 Å². The summed E-state index contributed by atoms with van der Waals surface area (Å²) in [6.07, 6.45) is 1.87. The number of hydrogen-bond donors (Lipinski definition) is 1. The van der Waals surface area contributed by atoms with Gasteiger partial charge in [0.1, 0.15) is 0 Å². The van der Waals surface area contributed by atoms with Crippen molar-refractivity contribution in [2.45, 2.75) is 31.3 Å². The van der Waals surface area contributed by atoms with Gasteiger partial charge < -0.3 is 10.2 Å². The Morgan fingerprint density at radius 2 is 1.81 bits per heavy atom. The van der Waals surface area contributed by atoms with Gasteiger partial charge in [0.15, 0.2) is 0 Å². The predicted octanol–water partition coefficient (Wildman–Crippen LogP) is 6.16. The minimum atomic E-state index is -0.107. The van der Waals surface area contributed by atoms with E-state index >= 15 is 0 Å². The van der Waals surface area contributed by atoms with E-state index in [4.69, 9.17) is 11.6 Å². The topological polar surface area (TPSA) is 49.4 Å². The van der Waals surface area contributed by atoms with Crippen LogP contribution in [0, 0.1) is 0 Å². The van der Waals surface area contributed by atoms with Crippen LogP contribution in [0.3, 0.4) is 0 Å². The lowest BCUT2D eigenvalue weighted by Crippen LogP contribution is -2.33. The molecule has 1 heterocycles. The van der Waals surface area contributed by atoms with E-state index in [-0.39, 0.29) is 17.9 Å². The van der Waals surface area contributed by atoms with E-state index in [1.165, 1.54) is 11.8 Å². The molecule has 4 nitrogen and oxygen atoms in total. The summed E-state index contributed by atoms with van der Waals surface area (Å²) in [7, 11) is 0. The van der Waals surface area contributed by atoms with Crippen molar-refractivity contribution in [3.8, 4) is 0 Å². The molecular formula is C26H23ClN2O2S. The number of nitrogens with zero attached hydrogens (tertiary/aromatic N) is 1. The van der Waals surface area contributed by atoms with Crippen LogP contribution in [0.1, 0.15) is 35.3 Å². The number of para-hydroxylation sites is 1. The molecule has 3 aromatic carbocycles. The number of halogens is 1. The van der Waals surface area contributed by atoms with Crippen molar-refractivity contribution in [3.63, 3.8) is 0 Å². The molecule has 0 saturated carbocycles. The van der Waals surface area contributed by atoms with E-state index < -0.39 is 0 Å². The van der Waals surface area contributed by atoms with E-state index in [1.807, 2.05) is 80.6 Å². The van der Waals surface area contributed by atoms with Gasteiger partial charge in [0.2, 0.25) is 0 Å². The van der Waals surface area contributed by atoms with Crippen LogP contribution in [0.2, 0.25) is 5.02 Å². The number of hydrogen-bond acceptors (Lipinski definition) is 3. The van der Waals surface area contributed by atoms with Gasteiger partial charge in [-0.3, -0.25) is 9.59 Å². The fraction of sp³-hybridized carbons (Fsp3) is 0.154. The van der Waals surface area contributed by atoms with Crippen molar-refractivity contribution in [1.82, 2.24) is 5.32 Å². The Morgan fingerprint density at radius 1 is 1.06 bits per heavy atom. The summed E-state index contributed by atoms with van der Waals surface area (Å²) >= 11 is 7.61. The van der Waals surface area contributed by atoms with Gasteiger partial charge in [-0.1, -0.05) is 59.8 Å². The molecule has 6 heteroatoms. The Hall–Kier alpha value is -3.02. The number of carbonyl (C=O) groups excluding carboxylic acids is 2. The second kappa shape index (κ2) is 9.63. The summed E-state index contributed by atoms with van der Waals surface area (Å²) in [5.41, 5.74) is 3.31. The first-order valence-electron chi connectivity index (χ1n) is 10.4. The van der Waals surface area contributed by atoms with E-state index in [0.717, 1.165) is 21.7 Å². The zero-order valence-electron chi connectivity index (χ0n) is 17.8. The molecule has 1 N–H and O–H groups in total. The van der Waals surface area contributed by atoms with E-state index in [9.17, 15) is 9.59 Å². The average Bonchev–Trinajstić information content (AvgIpc) is 2.76. The highest BCUT2D eigenvalue weighted by Gasteiger charge is 2.29. The van der Waals surface area contributed by atoms with Crippen molar-refractivity contribution in [1.29, 1.82) is 0 Å². The number of anilines is 1. The minimum Gasteiger partial charge on any atom is -0.350 e. The lowest BCUT2D eigenvalue weighted by molar-refractivity contribution is -0.114. The van der Waals surface area contributed by atoms with Crippen LogP contribution in [0.25, 0.3) is 6.08 Å². The number of benzene rings is 3. The van der Waals surface area contributed by atoms with Crippen LogP contribution in [-0.2, 0) is 11.3 Å². The van der Waals surface area contributed by atoms with Crippen LogP contribution in [-0.4, -0.2) is 17.9 Å². The minimum absolute atomic E-state index is 0.0599. The Labute approximate surface area is 197 Å². The first kappa shape index (κ1) is 22.2. The molecule has 32 heavy (non-hydrogen) atoms. The molecule has 4 rings (SSSR count). The molecule has 0 aliphatic carbocycles. The monoisotopic (exact) mass is 462 g/mol. The number of thioether (sulfide) groups is 1. The van der Waals surface area contributed by atoms with Crippen LogP contribution in [0.5, 0.6) is 0 Å². The van der Waals surface area contributed by atoms with E-state index in [1.54, 1.807) is 17.0 Å². The van der Waals surface area contributed by atoms with Gasteiger partial charge in [0.25, 0.3) is 11.8 Å². The summed E-state index contributed by atoms with van der Waals surface area (Å²) in [5.74, 6) is -0.167. The molecule has 1 aliphatic rings. The molecule has 2 amide bonds. The van der Waals surface area contributed by atoms with Crippen molar-refractivity contribution in [3.05, 3.63) is 99.4 Å². The third-order valence-corrected chi connectivity index (χ3v) is 6.26. The number of carbonyl (C=O) groups is 2. The van der Waals surface area contributed by atoms with Gasteiger partial charge in [-0.05, 0) is 67.4 Å². The molecule has 0 saturated heterocycles. The van der Waals surface area contributed by atoms with Gasteiger partial charge in [0.05, 0.1) is 17.1 Å². The smallest absolute Gasteiger partial charge is 0.265 e. The maximum atomic E-state index is 13.4. The normalized spacial score (nSPS) is 14.6. The van der Waals surface area contributed by atoms with Crippen molar-refractivity contribution in [2.24, 2.45) is 0 Å². The Morgan fingerprint density at radius 3 is 2.53 bits per heavy atom. The molecule has 1 aliphatic heterocycles. The van der Waals surface area contributed by atoms with Crippen LogP contribution in [0.4, 0.5) is 5.69 Å². The average molecular weight is 463 g/mol. The van der Waals surface area contributed by atoms with Gasteiger partial charge >= 0.3 is 0 Å². The van der Waals surface area contributed by atoms with Crippen LogP contribution >= 0.6 is 23.4 Å². The maximum absolute atomic E-state index is 13.4. The molecule has 0 fully saturated rings. The largest absolute Gasteiger partial charge is 0.350 e. The molecule has 0 atom stereocenters. The summed E-state index contributed by atoms with van der Waals surface area (Å²) in [6, 6.07) is 22.8. The highest BCUT2D eigenvalue weighted by atomic mass is 35.5. The van der Waals surface area contributed by atoms with Gasteiger partial charge in [0, 0.05) is 21.5 Å². The number of nitrogens with one attached hydrogen (secondary N) is 1. The van der Waals surface area contributed by atoms with Crippen LogP contribution in [0.15, 0.2) is 82.6 Å². The molecule has 0 aromatic heterocycles. The molecule has 3 aromatic rings. The Kier molecular flexibility index (Phi) is 6.68. The molecule has 0 bridgehead atoms. The summed E-state index contributed by atoms with van der Waals surface area (Å²) in [5, 5.41) is 3.53. The summed E-state index contributed by atoms with van der Waals surface area (Å²) < 4.78 is 0. The standard InChI is InChI=1S/C26H23ClN2O2S/c1-17(2)28-25(30)20-12-10-18(11-13-20)15-24-26(31)29(16-19-6-5-7-21(27)14-19)22-8-3-4-9-23(22)32-24/h3-15,17H,16H2,1-2H3,(H,28,30). The first-order valence-corrected chi connectivity index (χ1v) is 11.6. The van der Waals surface area contributed by atoms with Crippen molar-refractivity contribution < 1.29 is 9.59 Å². The summed E-state index contributed by atoms with van der Waals surface area (Å²) in [4.78, 5) is 29.0. The fourth-order valence-electron chi connectivity index (χ4n) is 3.46.